The van der Waals surface area contributed by atoms with Crippen molar-refractivity contribution >= 4 is 12.1 Å². The van der Waals surface area contributed by atoms with Gasteiger partial charge in [0.05, 0.1) is 5.69 Å². The summed E-state index contributed by atoms with van der Waals surface area (Å²) in [6, 6.07) is 7.33. The minimum atomic E-state index is 0.647. The van der Waals surface area contributed by atoms with Crippen LogP contribution in [0, 0.1) is 6.92 Å². The third-order valence-corrected chi connectivity index (χ3v) is 1.96. The lowest BCUT2D eigenvalue weighted by Crippen LogP contribution is -1.97. The number of aromatic nitrogens is 3. The van der Waals surface area contributed by atoms with Crippen molar-refractivity contribution in [3.63, 3.8) is 0 Å². The van der Waals surface area contributed by atoms with E-state index in [1.807, 2.05) is 19.1 Å². The number of carbonyl (C=O) groups excluding carboxylic acids is 1. The van der Waals surface area contributed by atoms with Crippen LogP contribution in [0.1, 0.15) is 5.82 Å². The maximum Gasteiger partial charge on any atom is 0.211 e. The maximum atomic E-state index is 10.2. The highest BCUT2D eigenvalue weighted by Gasteiger charge is 1.98. The average Bonchev–Trinajstić information content (AvgIpc) is 2.67. The quantitative estimate of drug-likeness (QED) is 0.759. The molecule has 0 unspecified atom stereocenters. The molecule has 0 aliphatic rings. The van der Waals surface area contributed by atoms with Gasteiger partial charge in [-0.25, -0.2) is 9.67 Å². The van der Waals surface area contributed by atoms with Gasteiger partial charge in [-0.15, -0.1) is 0 Å². The lowest BCUT2D eigenvalue weighted by molar-refractivity contribution is -0.105. The molecule has 1 N–H and O–H groups in total. The first-order valence-electron chi connectivity index (χ1n) is 4.48. The number of carbonyl (C=O) groups is 1. The fraction of sp³-hybridized carbons (Fsp3) is 0.100. The summed E-state index contributed by atoms with van der Waals surface area (Å²) in [5.41, 5.74) is 1.66. The first-order valence-corrected chi connectivity index (χ1v) is 4.48. The molecular formula is C10H10N4O. The number of nitrogens with zero attached hydrogens (tertiary/aromatic N) is 3. The summed E-state index contributed by atoms with van der Waals surface area (Å²) in [5.74, 6) is 0.727. The molecule has 0 fully saturated rings. The van der Waals surface area contributed by atoms with Crippen molar-refractivity contribution in [1.29, 1.82) is 0 Å². The van der Waals surface area contributed by atoms with Gasteiger partial charge < -0.3 is 5.32 Å². The second-order valence-corrected chi connectivity index (χ2v) is 3.05. The van der Waals surface area contributed by atoms with Crippen molar-refractivity contribution in [2.24, 2.45) is 0 Å². The van der Waals surface area contributed by atoms with E-state index < -0.39 is 0 Å². The van der Waals surface area contributed by atoms with Crippen molar-refractivity contribution in [3.05, 3.63) is 36.4 Å². The highest BCUT2D eigenvalue weighted by Crippen LogP contribution is 2.11. The summed E-state index contributed by atoms with van der Waals surface area (Å²) in [6.07, 6.45) is 2.30. The Labute approximate surface area is 86.8 Å². The molecule has 5 heteroatoms. The van der Waals surface area contributed by atoms with Crippen molar-refractivity contribution in [2.75, 3.05) is 5.32 Å². The third-order valence-electron chi connectivity index (χ3n) is 1.96. The minimum Gasteiger partial charge on any atom is -0.329 e. The van der Waals surface area contributed by atoms with E-state index in [4.69, 9.17) is 0 Å². The van der Waals surface area contributed by atoms with E-state index in [-0.39, 0.29) is 0 Å². The SMILES string of the molecule is Cc1ncn(-c2ccc(NC=O)cc2)n1. The first kappa shape index (κ1) is 9.39. The Morgan fingerprint density at radius 3 is 2.60 bits per heavy atom. The fourth-order valence-corrected chi connectivity index (χ4v) is 1.25. The molecular weight excluding hydrogens is 192 g/mol. The minimum absolute atomic E-state index is 0.647. The molecule has 76 valence electrons. The molecule has 1 aromatic carbocycles. The summed E-state index contributed by atoms with van der Waals surface area (Å²) < 4.78 is 1.68. The number of nitrogens with one attached hydrogen (secondary N) is 1. The molecule has 1 aromatic heterocycles. The summed E-state index contributed by atoms with van der Waals surface area (Å²) in [6.45, 7) is 1.83. The van der Waals surface area contributed by atoms with Gasteiger partial charge in [0.1, 0.15) is 12.2 Å². The van der Waals surface area contributed by atoms with Crippen LogP contribution in [0.4, 0.5) is 5.69 Å². The second kappa shape index (κ2) is 3.91. The number of hydrogen-bond acceptors (Lipinski definition) is 3. The standard InChI is InChI=1S/C10H10N4O/c1-8-11-6-14(13-8)10-4-2-9(3-5-10)12-7-15/h2-7H,1H3,(H,12,15). The van der Waals surface area contributed by atoms with Crippen LogP contribution in [0.25, 0.3) is 5.69 Å². The Morgan fingerprint density at radius 1 is 1.33 bits per heavy atom. The monoisotopic (exact) mass is 202 g/mol. The Balaban J connectivity index is 2.27. The molecule has 0 radical (unpaired) electrons. The third kappa shape index (κ3) is 2.01. The van der Waals surface area contributed by atoms with Crippen LogP contribution in [0.2, 0.25) is 0 Å². The molecule has 0 spiro atoms. The van der Waals surface area contributed by atoms with Crippen molar-refractivity contribution in [1.82, 2.24) is 14.8 Å². The lowest BCUT2D eigenvalue weighted by Gasteiger charge is -2.01. The largest absolute Gasteiger partial charge is 0.329 e. The van der Waals surface area contributed by atoms with E-state index in [0.29, 0.717) is 6.41 Å². The molecule has 0 saturated heterocycles. The normalized spacial score (nSPS) is 9.93. The maximum absolute atomic E-state index is 10.2. The van der Waals surface area contributed by atoms with E-state index in [1.165, 1.54) is 0 Å². The van der Waals surface area contributed by atoms with Gasteiger partial charge in [0.15, 0.2) is 0 Å². The van der Waals surface area contributed by atoms with Gasteiger partial charge in [-0.1, -0.05) is 0 Å². The van der Waals surface area contributed by atoms with Gasteiger partial charge in [0.25, 0.3) is 0 Å². The summed E-state index contributed by atoms with van der Waals surface area (Å²) >= 11 is 0. The van der Waals surface area contributed by atoms with Crippen LogP contribution in [0.5, 0.6) is 0 Å². The number of benzene rings is 1. The number of rotatable bonds is 3. The molecule has 0 atom stereocenters. The van der Waals surface area contributed by atoms with E-state index in [0.717, 1.165) is 17.2 Å². The lowest BCUT2D eigenvalue weighted by atomic mass is 10.3. The van der Waals surface area contributed by atoms with Crippen LogP contribution >= 0.6 is 0 Å². The number of anilines is 1. The highest BCUT2D eigenvalue weighted by atomic mass is 16.1. The van der Waals surface area contributed by atoms with Crippen LogP contribution in [-0.4, -0.2) is 21.2 Å². The molecule has 5 nitrogen and oxygen atoms in total. The van der Waals surface area contributed by atoms with Gasteiger partial charge in [0, 0.05) is 5.69 Å². The van der Waals surface area contributed by atoms with Gasteiger partial charge in [-0.05, 0) is 31.2 Å². The smallest absolute Gasteiger partial charge is 0.211 e. The summed E-state index contributed by atoms with van der Waals surface area (Å²) in [7, 11) is 0. The van der Waals surface area contributed by atoms with Gasteiger partial charge in [0.2, 0.25) is 6.41 Å². The summed E-state index contributed by atoms with van der Waals surface area (Å²) in [5, 5.41) is 6.74. The Morgan fingerprint density at radius 2 is 2.07 bits per heavy atom. The van der Waals surface area contributed by atoms with Gasteiger partial charge in [-0.2, -0.15) is 5.10 Å². The van der Waals surface area contributed by atoms with Gasteiger partial charge in [-0.3, -0.25) is 4.79 Å². The predicted octanol–water partition coefficient (Wildman–Crippen LogP) is 1.14. The van der Waals surface area contributed by atoms with E-state index >= 15 is 0 Å². The second-order valence-electron chi connectivity index (χ2n) is 3.05. The molecule has 1 amide bonds. The van der Waals surface area contributed by atoms with Crippen LogP contribution in [0.3, 0.4) is 0 Å². The molecule has 1 heterocycles. The zero-order valence-electron chi connectivity index (χ0n) is 8.21. The zero-order chi connectivity index (χ0) is 10.7. The number of aryl methyl sites for hydroxylation is 1. The fourth-order valence-electron chi connectivity index (χ4n) is 1.25. The van der Waals surface area contributed by atoms with Crippen molar-refractivity contribution < 1.29 is 4.79 Å². The van der Waals surface area contributed by atoms with Gasteiger partial charge >= 0.3 is 0 Å². The Hall–Kier alpha value is -2.17. The van der Waals surface area contributed by atoms with E-state index in [2.05, 4.69) is 15.4 Å². The van der Waals surface area contributed by atoms with Crippen molar-refractivity contribution in [2.45, 2.75) is 6.92 Å². The molecule has 0 saturated carbocycles. The van der Waals surface area contributed by atoms with E-state index in [1.54, 1.807) is 23.1 Å². The molecule has 15 heavy (non-hydrogen) atoms. The number of hydrogen-bond donors (Lipinski definition) is 1. The Kier molecular flexibility index (Phi) is 2.45. The Bertz CT molecular complexity index is 461. The number of amides is 1. The topological polar surface area (TPSA) is 59.8 Å². The molecule has 0 aliphatic heterocycles. The molecule has 0 bridgehead atoms. The predicted molar refractivity (Wildman–Crippen MR) is 55.8 cm³/mol. The molecule has 0 aliphatic carbocycles. The first-order chi connectivity index (χ1) is 7.29. The van der Waals surface area contributed by atoms with Crippen LogP contribution < -0.4 is 5.32 Å². The van der Waals surface area contributed by atoms with Crippen LogP contribution in [-0.2, 0) is 4.79 Å². The van der Waals surface area contributed by atoms with E-state index in [9.17, 15) is 4.79 Å². The molecule has 2 rings (SSSR count). The summed E-state index contributed by atoms with van der Waals surface area (Å²) in [4.78, 5) is 14.2. The molecule has 2 aromatic rings. The average molecular weight is 202 g/mol. The van der Waals surface area contributed by atoms with Crippen LogP contribution in [0.15, 0.2) is 30.6 Å². The van der Waals surface area contributed by atoms with Crippen molar-refractivity contribution in [3.8, 4) is 5.69 Å². The zero-order valence-corrected chi connectivity index (χ0v) is 8.21. The highest BCUT2D eigenvalue weighted by molar-refractivity contribution is 5.71.